The van der Waals surface area contributed by atoms with Gasteiger partial charge < -0.3 is 0 Å². The third kappa shape index (κ3) is 2.51. The zero-order valence-corrected chi connectivity index (χ0v) is 11.3. The Hall–Kier alpha value is -1.39. The molecule has 0 bridgehead atoms. The third-order valence-electron chi connectivity index (χ3n) is 4.34. The van der Waals surface area contributed by atoms with Crippen LogP contribution in [-0.4, -0.2) is 9.61 Å². The van der Waals surface area contributed by atoms with Crippen LogP contribution in [0, 0.1) is 5.92 Å². The second-order valence-electron chi connectivity index (χ2n) is 5.53. The normalized spacial score (nSPS) is 19.4. The predicted molar refractivity (Wildman–Crippen MR) is 76.4 cm³/mol. The fourth-order valence-electron chi connectivity index (χ4n) is 3.32. The van der Waals surface area contributed by atoms with Crippen LogP contribution < -0.4 is 11.3 Å². The number of nitrogens with one attached hydrogen (secondary N) is 1. The molecule has 0 amide bonds. The molecule has 3 rings (SSSR count). The molecular formula is C15H22N4. The van der Waals surface area contributed by atoms with E-state index >= 15 is 0 Å². The molecule has 1 fully saturated rings. The van der Waals surface area contributed by atoms with Gasteiger partial charge in [0, 0.05) is 11.8 Å². The van der Waals surface area contributed by atoms with E-state index in [0.29, 0.717) is 5.92 Å². The Morgan fingerprint density at radius 3 is 2.74 bits per heavy atom. The number of nitrogens with two attached hydrogens (primary N) is 1. The maximum Gasteiger partial charge on any atom is 0.0710 e. The summed E-state index contributed by atoms with van der Waals surface area (Å²) in [6.07, 6.45) is 11.8. The van der Waals surface area contributed by atoms with Crippen LogP contribution in [0.25, 0.3) is 5.52 Å². The van der Waals surface area contributed by atoms with E-state index in [9.17, 15) is 0 Å². The summed E-state index contributed by atoms with van der Waals surface area (Å²) in [5, 5.41) is 4.43. The van der Waals surface area contributed by atoms with Gasteiger partial charge in [-0.15, -0.1) is 0 Å². The van der Waals surface area contributed by atoms with E-state index in [-0.39, 0.29) is 6.04 Å². The zero-order valence-electron chi connectivity index (χ0n) is 11.3. The zero-order chi connectivity index (χ0) is 13.1. The number of nitrogens with zero attached hydrogens (tertiary/aromatic N) is 2. The summed E-state index contributed by atoms with van der Waals surface area (Å²) in [5.74, 6) is 6.48. The molecule has 0 aliphatic heterocycles. The summed E-state index contributed by atoms with van der Waals surface area (Å²) in [7, 11) is 0. The van der Waals surface area contributed by atoms with E-state index in [4.69, 9.17) is 5.84 Å². The number of hydrazine groups is 1. The number of pyridine rings is 1. The van der Waals surface area contributed by atoms with E-state index in [1.165, 1.54) is 44.1 Å². The Kier molecular flexibility index (Phi) is 3.80. The molecule has 0 radical (unpaired) electrons. The van der Waals surface area contributed by atoms with Crippen molar-refractivity contribution < 1.29 is 0 Å². The molecule has 2 aromatic heterocycles. The first-order chi connectivity index (χ1) is 9.40. The van der Waals surface area contributed by atoms with Gasteiger partial charge in [0.05, 0.1) is 17.8 Å². The number of hydrogen-bond donors (Lipinski definition) is 2. The largest absolute Gasteiger partial charge is 0.271 e. The van der Waals surface area contributed by atoms with Crippen LogP contribution in [0.1, 0.15) is 50.1 Å². The number of hydrogen-bond acceptors (Lipinski definition) is 3. The Balaban J connectivity index is 1.92. The van der Waals surface area contributed by atoms with Crippen molar-refractivity contribution in [1.82, 2.24) is 15.0 Å². The van der Waals surface area contributed by atoms with E-state index in [0.717, 1.165) is 5.52 Å². The summed E-state index contributed by atoms with van der Waals surface area (Å²) >= 11 is 0. The molecule has 4 nitrogen and oxygen atoms in total. The summed E-state index contributed by atoms with van der Waals surface area (Å²) in [6.45, 7) is 0. The van der Waals surface area contributed by atoms with Crippen molar-refractivity contribution in [3.63, 3.8) is 0 Å². The minimum Gasteiger partial charge on any atom is -0.271 e. The van der Waals surface area contributed by atoms with Crippen LogP contribution >= 0.6 is 0 Å². The van der Waals surface area contributed by atoms with Crippen molar-refractivity contribution >= 4 is 5.52 Å². The lowest BCUT2D eigenvalue weighted by Gasteiger charge is -2.25. The molecule has 0 spiro atoms. The van der Waals surface area contributed by atoms with Gasteiger partial charge in [0.15, 0.2) is 0 Å². The highest BCUT2D eigenvalue weighted by molar-refractivity contribution is 5.55. The maximum atomic E-state index is 5.85. The average Bonchev–Trinajstić information content (AvgIpc) is 2.69. The summed E-state index contributed by atoms with van der Waals surface area (Å²) in [6, 6.07) is 6.39. The Labute approximate surface area is 114 Å². The van der Waals surface area contributed by atoms with Gasteiger partial charge in [-0.2, -0.15) is 5.10 Å². The van der Waals surface area contributed by atoms with Crippen LogP contribution in [0.15, 0.2) is 30.6 Å². The Morgan fingerprint density at radius 2 is 2.00 bits per heavy atom. The second kappa shape index (κ2) is 5.72. The molecule has 0 aromatic carbocycles. The molecule has 1 unspecified atom stereocenters. The lowest BCUT2D eigenvalue weighted by Crippen LogP contribution is -2.33. The fraction of sp³-hybridized carbons (Fsp3) is 0.533. The molecule has 3 N–H and O–H groups in total. The Morgan fingerprint density at radius 1 is 1.21 bits per heavy atom. The van der Waals surface area contributed by atoms with Gasteiger partial charge in [0.2, 0.25) is 0 Å². The number of rotatable bonds is 3. The highest BCUT2D eigenvalue weighted by atomic mass is 15.3. The minimum atomic E-state index is 0.220. The average molecular weight is 258 g/mol. The molecule has 1 aliphatic rings. The van der Waals surface area contributed by atoms with E-state index in [2.05, 4.69) is 22.7 Å². The Bertz CT molecular complexity index is 526. The van der Waals surface area contributed by atoms with E-state index < -0.39 is 0 Å². The monoisotopic (exact) mass is 258 g/mol. The van der Waals surface area contributed by atoms with Gasteiger partial charge in [0.1, 0.15) is 0 Å². The van der Waals surface area contributed by atoms with Gasteiger partial charge >= 0.3 is 0 Å². The van der Waals surface area contributed by atoms with Crippen molar-refractivity contribution in [3.05, 3.63) is 36.2 Å². The molecule has 2 aromatic rings. The molecule has 1 saturated carbocycles. The van der Waals surface area contributed by atoms with Crippen molar-refractivity contribution in [3.8, 4) is 0 Å². The first kappa shape index (κ1) is 12.6. The molecule has 4 heteroatoms. The fourth-order valence-corrected chi connectivity index (χ4v) is 3.32. The second-order valence-corrected chi connectivity index (χ2v) is 5.53. The minimum absolute atomic E-state index is 0.220. The predicted octanol–water partition coefficient (Wildman–Crippen LogP) is 2.81. The molecule has 19 heavy (non-hydrogen) atoms. The van der Waals surface area contributed by atoms with Crippen LogP contribution in [0.4, 0.5) is 0 Å². The summed E-state index contributed by atoms with van der Waals surface area (Å²) in [4.78, 5) is 0. The van der Waals surface area contributed by atoms with Crippen LogP contribution in [0.2, 0.25) is 0 Å². The smallest absolute Gasteiger partial charge is 0.0710 e. The summed E-state index contributed by atoms with van der Waals surface area (Å²) < 4.78 is 1.93. The molecular weight excluding hydrogens is 236 g/mol. The third-order valence-corrected chi connectivity index (χ3v) is 4.34. The van der Waals surface area contributed by atoms with Crippen molar-refractivity contribution in [1.29, 1.82) is 0 Å². The lowest BCUT2D eigenvalue weighted by atomic mass is 9.88. The van der Waals surface area contributed by atoms with Gasteiger partial charge in [0.25, 0.3) is 0 Å². The molecule has 0 saturated heterocycles. The van der Waals surface area contributed by atoms with Crippen molar-refractivity contribution in [2.75, 3.05) is 0 Å². The van der Waals surface area contributed by atoms with Crippen LogP contribution in [-0.2, 0) is 0 Å². The molecule has 2 heterocycles. The highest BCUT2D eigenvalue weighted by Crippen LogP contribution is 2.34. The van der Waals surface area contributed by atoms with Crippen LogP contribution in [0.3, 0.4) is 0 Å². The van der Waals surface area contributed by atoms with Gasteiger partial charge in [-0.1, -0.05) is 31.7 Å². The van der Waals surface area contributed by atoms with Gasteiger partial charge in [-0.05, 0) is 30.9 Å². The van der Waals surface area contributed by atoms with E-state index in [1.807, 2.05) is 23.0 Å². The first-order valence-corrected chi connectivity index (χ1v) is 7.28. The maximum absolute atomic E-state index is 5.85. The molecule has 1 atom stereocenters. The van der Waals surface area contributed by atoms with Gasteiger partial charge in [-0.25, -0.2) is 4.52 Å². The molecule has 102 valence electrons. The number of fused-ring (bicyclic) bond motifs is 1. The standard InChI is InChI=1S/C15H22N4/c16-18-15(12-7-3-1-2-4-8-12)13-11-17-19-10-6-5-9-14(13)19/h5-6,9-12,15,18H,1-4,7-8,16H2. The quantitative estimate of drug-likeness (QED) is 0.505. The van der Waals surface area contributed by atoms with Crippen LogP contribution in [0.5, 0.6) is 0 Å². The molecule has 1 aliphatic carbocycles. The topological polar surface area (TPSA) is 55.3 Å². The van der Waals surface area contributed by atoms with Crippen molar-refractivity contribution in [2.45, 2.75) is 44.6 Å². The van der Waals surface area contributed by atoms with E-state index in [1.54, 1.807) is 0 Å². The lowest BCUT2D eigenvalue weighted by molar-refractivity contribution is 0.330. The number of aromatic nitrogens is 2. The van der Waals surface area contributed by atoms with Crippen molar-refractivity contribution in [2.24, 2.45) is 11.8 Å². The highest BCUT2D eigenvalue weighted by Gasteiger charge is 2.25. The SMILES string of the molecule is NNC(c1cnn2ccccc12)C1CCCCCC1. The summed E-state index contributed by atoms with van der Waals surface area (Å²) in [5.41, 5.74) is 5.43. The first-order valence-electron chi connectivity index (χ1n) is 7.28. The van der Waals surface area contributed by atoms with Gasteiger partial charge in [-0.3, -0.25) is 11.3 Å².